The van der Waals surface area contributed by atoms with Gasteiger partial charge in [0.2, 0.25) is 0 Å². The van der Waals surface area contributed by atoms with Gasteiger partial charge in [-0.3, -0.25) is 4.79 Å². The number of thiophene rings is 1. The van der Waals surface area contributed by atoms with Gasteiger partial charge in [-0.05, 0) is 66.9 Å². The Morgan fingerprint density at radius 2 is 2.04 bits per heavy atom. The van der Waals surface area contributed by atoms with Crippen molar-refractivity contribution in [1.82, 2.24) is 5.32 Å². The first-order valence-electron chi connectivity index (χ1n) is 7.21. The number of ketones is 1. The van der Waals surface area contributed by atoms with Gasteiger partial charge in [0.1, 0.15) is 5.60 Å². The van der Waals surface area contributed by atoms with Crippen LogP contribution in [-0.2, 0) is 5.60 Å². The van der Waals surface area contributed by atoms with Crippen LogP contribution in [0, 0.1) is 6.92 Å². The van der Waals surface area contributed by atoms with E-state index in [9.17, 15) is 14.7 Å². The molecule has 0 aliphatic rings. The van der Waals surface area contributed by atoms with E-state index in [1.807, 2.05) is 23.8 Å². The maximum atomic E-state index is 12.0. The number of hydrogen-bond acceptors (Lipinski definition) is 4. The molecule has 122 valence electrons. The highest BCUT2D eigenvalue weighted by atomic mass is 32.1. The predicted octanol–water partition coefficient (Wildman–Crippen LogP) is 3.29. The molecule has 1 aromatic carbocycles. The van der Waals surface area contributed by atoms with Crippen LogP contribution in [0.1, 0.15) is 35.3 Å². The largest absolute Gasteiger partial charge is 0.384 e. The number of rotatable bonds is 5. The molecule has 0 spiro atoms. The summed E-state index contributed by atoms with van der Waals surface area (Å²) in [4.78, 5) is 23.4. The summed E-state index contributed by atoms with van der Waals surface area (Å²) in [7, 11) is 0. The van der Waals surface area contributed by atoms with Gasteiger partial charge < -0.3 is 15.7 Å². The van der Waals surface area contributed by atoms with Gasteiger partial charge in [-0.1, -0.05) is 0 Å². The molecule has 1 atom stereocenters. The van der Waals surface area contributed by atoms with Crippen LogP contribution in [0.25, 0.3) is 0 Å². The predicted molar refractivity (Wildman–Crippen MR) is 92.1 cm³/mol. The van der Waals surface area contributed by atoms with E-state index in [2.05, 4.69) is 10.6 Å². The minimum atomic E-state index is -1.12. The number of carbonyl (C=O) groups is 2. The first-order chi connectivity index (χ1) is 10.8. The van der Waals surface area contributed by atoms with Crippen molar-refractivity contribution in [2.45, 2.75) is 26.4 Å². The van der Waals surface area contributed by atoms with E-state index < -0.39 is 11.6 Å². The Morgan fingerprint density at radius 1 is 1.30 bits per heavy atom. The SMILES string of the molecule is CC(=O)c1ccc(NC(=O)NCC(C)(O)c2ccsc2)cc1C. The zero-order valence-corrected chi connectivity index (χ0v) is 14.2. The minimum Gasteiger partial charge on any atom is -0.384 e. The molecule has 0 aliphatic heterocycles. The molecular formula is C17H20N2O3S. The summed E-state index contributed by atoms with van der Waals surface area (Å²) in [5.41, 5.74) is 1.69. The molecule has 0 saturated heterocycles. The fraction of sp³-hybridized carbons (Fsp3) is 0.294. The van der Waals surface area contributed by atoms with Crippen LogP contribution in [0.15, 0.2) is 35.0 Å². The third kappa shape index (κ3) is 4.40. The lowest BCUT2D eigenvalue weighted by molar-refractivity contribution is 0.0604. The highest BCUT2D eigenvalue weighted by molar-refractivity contribution is 7.08. The second-order valence-corrected chi connectivity index (χ2v) is 6.46. The highest BCUT2D eigenvalue weighted by Gasteiger charge is 2.24. The van der Waals surface area contributed by atoms with E-state index in [4.69, 9.17) is 0 Å². The van der Waals surface area contributed by atoms with Crippen molar-refractivity contribution >= 4 is 28.8 Å². The average Bonchev–Trinajstić information content (AvgIpc) is 3.00. The highest BCUT2D eigenvalue weighted by Crippen LogP contribution is 2.22. The summed E-state index contributed by atoms with van der Waals surface area (Å²) < 4.78 is 0. The number of amides is 2. The van der Waals surface area contributed by atoms with E-state index in [0.29, 0.717) is 11.3 Å². The van der Waals surface area contributed by atoms with Gasteiger partial charge in [0.25, 0.3) is 0 Å². The lowest BCUT2D eigenvalue weighted by Crippen LogP contribution is -2.40. The van der Waals surface area contributed by atoms with Crippen LogP contribution in [0.5, 0.6) is 0 Å². The Labute approximate surface area is 139 Å². The zero-order valence-electron chi connectivity index (χ0n) is 13.3. The number of benzene rings is 1. The monoisotopic (exact) mass is 332 g/mol. The van der Waals surface area contributed by atoms with E-state index in [1.165, 1.54) is 18.3 Å². The zero-order chi connectivity index (χ0) is 17.0. The molecule has 3 N–H and O–H groups in total. The number of Topliss-reactive ketones (excluding diaryl/α,β-unsaturated/α-hetero) is 1. The van der Waals surface area contributed by atoms with Crippen LogP contribution >= 0.6 is 11.3 Å². The summed E-state index contributed by atoms with van der Waals surface area (Å²) >= 11 is 1.49. The normalized spacial score (nSPS) is 13.2. The molecule has 5 nitrogen and oxygen atoms in total. The third-order valence-electron chi connectivity index (χ3n) is 3.60. The molecule has 6 heteroatoms. The van der Waals surface area contributed by atoms with Crippen LogP contribution in [-0.4, -0.2) is 23.5 Å². The number of aryl methyl sites for hydroxylation is 1. The summed E-state index contributed by atoms with van der Waals surface area (Å²) in [6.45, 7) is 5.08. The van der Waals surface area contributed by atoms with Crippen molar-refractivity contribution < 1.29 is 14.7 Å². The fourth-order valence-electron chi connectivity index (χ4n) is 2.24. The Kier molecular flexibility index (Phi) is 5.18. The average molecular weight is 332 g/mol. The molecule has 2 rings (SSSR count). The number of anilines is 1. The molecule has 1 aromatic heterocycles. The summed E-state index contributed by atoms with van der Waals surface area (Å²) in [6.07, 6.45) is 0. The maximum absolute atomic E-state index is 12.0. The molecule has 2 amide bonds. The molecule has 0 radical (unpaired) electrons. The van der Waals surface area contributed by atoms with E-state index in [-0.39, 0.29) is 12.3 Å². The first kappa shape index (κ1) is 17.2. The van der Waals surface area contributed by atoms with Crippen LogP contribution < -0.4 is 10.6 Å². The smallest absolute Gasteiger partial charge is 0.319 e. The van der Waals surface area contributed by atoms with Gasteiger partial charge in [-0.25, -0.2) is 4.79 Å². The molecule has 0 aliphatic carbocycles. The van der Waals surface area contributed by atoms with Crippen molar-refractivity contribution in [3.63, 3.8) is 0 Å². The van der Waals surface area contributed by atoms with Crippen LogP contribution in [0.2, 0.25) is 0 Å². The van der Waals surface area contributed by atoms with Crippen LogP contribution in [0.4, 0.5) is 10.5 Å². The molecule has 1 heterocycles. The fourth-order valence-corrected chi connectivity index (χ4v) is 3.02. The minimum absolute atomic E-state index is 0.00897. The number of hydrogen-bond donors (Lipinski definition) is 3. The Hall–Kier alpha value is -2.18. The van der Waals surface area contributed by atoms with Gasteiger partial charge >= 0.3 is 6.03 Å². The molecule has 0 saturated carbocycles. The van der Waals surface area contributed by atoms with Crippen molar-refractivity contribution in [2.24, 2.45) is 0 Å². The van der Waals surface area contributed by atoms with Crippen molar-refractivity contribution in [3.8, 4) is 0 Å². The molecule has 2 aromatic rings. The van der Waals surface area contributed by atoms with Gasteiger partial charge in [-0.15, -0.1) is 0 Å². The lowest BCUT2D eigenvalue weighted by atomic mass is 9.99. The van der Waals surface area contributed by atoms with Crippen LogP contribution in [0.3, 0.4) is 0 Å². The topological polar surface area (TPSA) is 78.4 Å². The Bertz CT molecular complexity index is 709. The molecule has 0 fully saturated rings. The van der Waals surface area contributed by atoms with Crippen molar-refractivity contribution in [1.29, 1.82) is 0 Å². The summed E-state index contributed by atoms with van der Waals surface area (Å²) in [5, 5.41) is 19.4. The number of carbonyl (C=O) groups excluding carboxylic acids is 2. The molecular weight excluding hydrogens is 312 g/mol. The van der Waals surface area contributed by atoms with Gasteiger partial charge in [0.15, 0.2) is 5.78 Å². The third-order valence-corrected chi connectivity index (χ3v) is 4.28. The maximum Gasteiger partial charge on any atom is 0.319 e. The number of urea groups is 1. The van der Waals surface area contributed by atoms with E-state index in [1.54, 1.807) is 25.1 Å². The standard InChI is InChI=1S/C17H20N2O3S/c1-11-8-14(4-5-15(11)12(2)20)19-16(21)18-10-17(3,22)13-6-7-23-9-13/h4-9,22H,10H2,1-3H3,(H2,18,19,21). The number of nitrogens with one attached hydrogen (secondary N) is 2. The summed E-state index contributed by atoms with van der Waals surface area (Å²) in [5.74, 6) is -0.00897. The Morgan fingerprint density at radius 3 is 2.61 bits per heavy atom. The second kappa shape index (κ2) is 6.93. The van der Waals surface area contributed by atoms with Crippen molar-refractivity contribution in [2.75, 3.05) is 11.9 Å². The molecule has 0 bridgehead atoms. The summed E-state index contributed by atoms with van der Waals surface area (Å²) in [6, 6.07) is 6.53. The van der Waals surface area contributed by atoms with Gasteiger partial charge in [-0.2, -0.15) is 11.3 Å². The molecule has 1 unspecified atom stereocenters. The number of aliphatic hydroxyl groups is 1. The second-order valence-electron chi connectivity index (χ2n) is 5.68. The lowest BCUT2D eigenvalue weighted by Gasteiger charge is -2.23. The van der Waals surface area contributed by atoms with E-state index >= 15 is 0 Å². The first-order valence-corrected chi connectivity index (χ1v) is 8.15. The van der Waals surface area contributed by atoms with Crippen molar-refractivity contribution in [3.05, 3.63) is 51.7 Å². The molecule has 23 heavy (non-hydrogen) atoms. The van der Waals surface area contributed by atoms with Gasteiger partial charge in [0, 0.05) is 11.3 Å². The quantitative estimate of drug-likeness (QED) is 0.735. The Balaban J connectivity index is 1.95. The van der Waals surface area contributed by atoms with Gasteiger partial charge in [0.05, 0.1) is 6.54 Å². The van der Waals surface area contributed by atoms with E-state index in [0.717, 1.165) is 11.1 Å².